The highest BCUT2D eigenvalue weighted by Crippen LogP contribution is 2.14. The third-order valence-electron chi connectivity index (χ3n) is 2.87. The molecule has 100 valence electrons. The summed E-state index contributed by atoms with van der Waals surface area (Å²) in [7, 11) is 1.88. The molecule has 2 aromatic rings. The van der Waals surface area contributed by atoms with Gasteiger partial charge < -0.3 is 9.88 Å². The standard InChI is InChI=1S/C12H15N5O2/c1-9(12-15-14-8-16(12)2)13-7-10-4-3-5-11(6-10)17(18)19/h3-6,8-9,13H,7H2,1-2H3. The molecule has 0 saturated carbocycles. The van der Waals surface area contributed by atoms with Gasteiger partial charge in [0.25, 0.3) is 5.69 Å². The van der Waals surface area contributed by atoms with Gasteiger partial charge in [-0.3, -0.25) is 10.1 Å². The van der Waals surface area contributed by atoms with Crippen molar-refractivity contribution in [3.63, 3.8) is 0 Å². The van der Waals surface area contributed by atoms with Crippen LogP contribution >= 0.6 is 0 Å². The number of nitrogens with one attached hydrogen (secondary N) is 1. The van der Waals surface area contributed by atoms with E-state index in [4.69, 9.17) is 0 Å². The summed E-state index contributed by atoms with van der Waals surface area (Å²) in [6, 6.07) is 6.60. The smallest absolute Gasteiger partial charge is 0.269 e. The van der Waals surface area contributed by atoms with Gasteiger partial charge in [0.05, 0.1) is 11.0 Å². The second-order valence-corrected chi connectivity index (χ2v) is 4.33. The molecule has 2 rings (SSSR count). The Morgan fingerprint density at radius 3 is 2.95 bits per heavy atom. The first-order valence-corrected chi connectivity index (χ1v) is 5.88. The number of aryl methyl sites for hydroxylation is 1. The van der Waals surface area contributed by atoms with Crippen molar-refractivity contribution in [2.75, 3.05) is 0 Å². The number of nitrogens with zero attached hydrogens (tertiary/aromatic N) is 4. The van der Waals surface area contributed by atoms with Crippen LogP contribution in [0.4, 0.5) is 5.69 Å². The number of nitro benzene ring substituents is 1. The van der Waals surface area contributed by atoms with E-state index in [0.717, 1.165) is 11.4 Å². The molecule has 1 unspecified atom stereocenters. The molecule has 0 saturated heterocycles. The van der Waals surface area contributed by atoms with Crippen LogP contribution in [0, 0.1) is 10.1 Å². The van der Waals surface area contributed by atoms with E-state index in [1.165, 1.54) is 6.07 Å². The van der Waals surface area contributed by atoms with Crippen LogP contribution in [0.25, 0.3) is 0 Å². The van der Waals surface area contributed by atoms with Crippen molar-refractivity contribution >= 4 is 5.69 Å². The average molecular weight is 261 g/mol. The minimum atomic E-state index is -0.393. The van der Waals surface area contributed by atoms with E-state index in [1.54, 1.807) is 18.5 Å². The predicted octanol–water partition coefficient (Wildman–Crippen LogP) is 1.57. The first-order valence-electron chi connectivity index (χ1n) is 5.88. The van der Waals surface area contributed by atoms with E-state index in [1.807, 2.05) is 24.6 Å². The van der Waals surface area contributed by atoms with Crippen molar-refractivity contribution in [1.29, 1.82) is 0 Å². The van der Waals surface area contributed by atoms with Crippen LogP contribution in [0.1, 0.15) is 24.4 Å². The molecule has 0 radical (unpaired) electrons. The van der Waals surface area contributed by atoms with E-state index in [2.05, 4.69) is 15.5 Å². The molecule has 0 amide bonds. The van der Waals surface area contributed by atoms with Crippen molar-refractivity contribution in [3.8, 4) is 0 Å². The van der Waals surface area contributed by atoms with Gasteiger partial charge in [0.15, 0.2) is 0 Å². The van der Waals surface area contributed by atoms with Gasteiger partial charge in [0.1, 0.15) is 12.2 Å². The Kier molecular flexibility index (Phi) is 3.86. The number of nitro groups is 1. The van der Waals surface area contributed by atoms with Crippen LogP contribution in [-0.2, 0) is 13.6 Å². The van der Waals surface area contributed by atoms with Crippen molar-refractivity contribution in [2.24, 2.45) is 7.05 Å². The lowest BCUT2D eigenvalue weighted by atomic mass is 10.2. The molecule has 0 bridgehead atoms. The average Bonchev–Trinajstić information content (AvgIpc) is 2.82. The molecule has 0 aliphatic heterocycles. The van der Waals surface area contributed by atoms with Gasteiger partial charge >= 0.3 is 0 Å². The number of non-ortho nitro benzene ring substituents is 1. The first kappa shape index (κ1) is 13.2. The summed E-state index contributed by atoms with van der Waals surface area (Å²) < 4.78 is 1.84. The van der Waals surface area contributed by atoms with Gasteiger partial charge in [-0.05, 0) is 12.5 Å². The summed E-state index contributed by atoms with van der Waals surface area (Å²) in [5.74, 6) is 0.824. The fraction of sp³-hybridized carbons (Fsp3) is 0.333. The van der Waals surface area contributed by atoms with Crippen LogP contribution in [0.2, 0.25) is 0 Å². The number of rotatable bonds is 5. The van der Waals surface area contributed by atoms with E-state index in [9.17, 15) is 10.1 Å². The van der Waals surface area contributed by atoms with Crippen LogP contribution in [0.5, 0.6) is 0 Å². The number of aromatic nitrogens is 3. The summed E-state index contributed by atoms with van der Waals surface area (Å²) in [6.07, 6.45) is 1.64. The normalized spacial score (nSPS) is 12.3. The molecule has 1 heterocycles. The van der Waals surface area contributed by atoms with Gasteiger partial charge in [-0.1, -0.05) is 12.1 Å². The molecule has 0 aliphatic rings. The maximum Gasteiger partial charge on any atom is 0.269 e. The minimum Gasteiger partial charge on any atom is -0.319 e. The molecular weight excluding hydrogens is 246 g/mol. The van der Waals surface area contributed by atoms with Gasteiger partial charge in [0.2, 0.25) is 0 Å². The molecule has 19 heavy (non-hydrogen) atoms. The lowest BCUT2D eigenvalue weighted by Crippen LogP contribution is -2.21. The van der Waals surface area contributed by atoms with Gasteiger partial charge in [-0.2, -0.15) is 0 Å². The largest absolute Gasteiger partial charge is 0.319 e. The number of hydrogen-bond acceptors (Lipinski definition) is 5. The van der Waals surface area contributed by atoms with E-state index in [-0.39, 0.29) is 11.7 Å². The molecule has 0 fully saturated rings. The summed E-state index contributed by atoms with van der Waals surface area (Å²) in [6.45, 7) is 2.51. The Morgan fingerprint density at radius 1 is 1.53 bits per heavy atom. The van der Waals surface area contributed by atoms with Crippen LogP contribution in [0.3, 0.4) is 0 Å². The zero-order valence-corrected chi connectivity index (χ0v) is 10.8. The van der Waals surface area contributed by atoms with Gasteiger partial charge in [-0.15, -0.1) is 10.2 Å². The molecule has 1 N–H and O–H groups in total. The lowest BCUT2D eigenvalue weighted by molar-refractivity contribution is -0.384. The maximum atomic E-state index is 10.7. The third-order valence-corrected chi connectivity index (χ3v) is 2.87. The van der Waals surface area contributed by atoms with Crippen molar-refractivity contribution in [3.05, 3.63) is 52.1 Å². The Balaban J connectivity index is 2.01. The van der Waals surface area contributed by atoms with E-state index >= 15 is 0 Å². The number of benzene rings is 1. The first-order chi connectivity index (χ1) is 9.08. The van der Waals surface area contributed by atoms with Crippen LogP contribution in [0.15, 0.2) is 30.6 Å². The molecule has 0 spiro atoms. The number of hydrogen-bond donors (Lipinski definition) is 1. The lowest BCUT2D eigenvalue weighted by Gasteiger charge is -2.12. The van der Waals surface area contributed by atoms with Crippen LogP contribution in [-0.4, -0.2) is 19.7 Å². The van der Waals surface area contributed by atoms with Crippen molar-refractivity contribution in [1.82, 2.24) is 20.1 Å². The maximum absolute atomic E-state index is 10.7. The van der Waals surface area contributed by atoms with Crippen molar-refractivity contribution < 1.29 is 4.92 Å². The van der Waals surface area contributed by atoms with Gasteiger partial charge in [0, 0.05) is 25.7 Å². The van der Waals surface area contributed by atoms with Crippen LogP contribution < -0.4 is 5.32 Å². The van der Waals surface area contributed by atoms with Crippen molar-refractivity contribution in [2.45, 2.75) is 19.5 Å². The highest BCUT2D eigenvalue weighted by Gasteiger charge is 2.11. The second kappa shape index (κ2) is 5.57. The molecule has 0 aliphatic carbocycles. The Labute approximate surface area is 110 Å². The Hall–Kier alpha value is -2.28. The molecule has 7 heteroatoms. The fourth-order valence-corrected chi connectivity index (χ4v) is 1.83. The molecule has 7 nitrogen and oxygen atoms in total. The molecular formula is C12H15N5O2. The molecule has 1 aromatic heterocycles. The highest BCUT2D eigenvalue weighted by molar-refractivity contribution is 5.34. The SMILES string of the molecule is CC(NCc1cccc([N+](=O)[O-])c1)c1nncn1C. The fourth-order valence-electron chi connectivity index (χ4n) is 1.83. The summed E-state index contributed by atoms with van der Waals surface area (Å²) in [4.78, 5) is 10.3. The Bertz CT molecular complexity index is 581. The Morgan fingerprint density at radius 2 is 2.32 bits per heavy atom. The second-order valence-electron chi connectivity index (χ2n) is 4.33. The highest BCUT2D eigenvalue weighted by atomic mass is 16.6. The third kappa shape index (κ3) is 3.14. The minimum absolute atomic E-state index is 0.0202. The van der Waals surface area contributed by atoms with E-state index in [0.29, 0.717) is 6.54 Å². The summed E-state index contributed by atoms with van der Waals surface area (Å²) >= 11 is 0. The molecule has 1 aromatic carbocycles. The monoisotopic (exact) mass is 261 g/mol. The summed E-state index contributed by atoms with van der Waals surface area (Å²) in [5, 5.41) is 21.8. The summed E-state index contributed by atoms with van der Waals surface area (Å²) in [5.41, 5.74) is 0.967. The quantitative estimate of drug-likeness (QED) is 0.652. The van der Waals surface area contributed by atoms with E-state index < -0.39 is 4.92 Å². The van der Waals surface area contributed by atoms with Gasteiger partial charge in [-0.25, -0.2) is 0 Å². The predicted molar refractivity (Wildman–Crippen MR) is 69.4 cm³/mol. The zero-order chi connectivity index (χ0) is 13.8. The zero-order valence-electron chi connectivity index (χ0n) is 10.8. The topological polar surface area (TPSA) is 85.9 Å². The molecule has 1 atom stereocenters.